The summed E-state index contributed by atoms with van der Waals surface area (Å²) < 4.78 is 10.5. The van der Waals surface area contributed by atoms with Gasteiger partial charge in [0.2, 0.25) is 0 Å². The Balaban J connectivity index is 3.26. The van der Waals surface area contributed by atoms with E-state index in [1.807, 2.05) is 33.8 Å². The van der Waals surface area contributed by atoms with Gasteiger partial charge in [0.1, 0.15) is 0 Å². The molecule has 4 nitrogen and oxygen atoms in total. The van der Waals surface area contributed by atoms with Crippen molar-refractivity contribution < 1.29 is 19.1 Å². The predicted octanol–water partition coefficient (Wildman–Crippen LogP) is 8.47. The van der Waals surface area contributed by atoms with Gasteiger partial charge in [0, 0.05) is 6.42 Å². The van der Waals surface area contributed by atoms with Crippen LogP contribution in [0.2, 0.25) is 0 Å². The quantitative estimate of drug-likeness (QED) is 0.0938. The first-order valence-electron chi connectivity index (χ1n) is 13.5. The summed E-state index contributed by atoms with van der Waals surface area (Å²) >= 11 is 0. The largest absolute Gasteiger partial charge is 0.463 e. The summed E-state index contributed by atoms with van der Waals surface area (Å²) in [6.07, 6.45) is 24.5. The number of esters is 2. The normalized spacial score (nSPS) is 13.2. The molecule has 0 fully saturated rings. The summed E-state index contributed by atoms with van der Waals surface area (Å²) in [6.45, 7) is 7.95. The second-order valence-electron chi connectivity index (χ2n) is 9.23. The number of rotatable bonds is 22. The Bertz CT molecular complexity index is 472. The number of unbranched alkanes of at least 4 members (excludes halogenated alkanes) is 13. The van der Waals surface area contributed by atoms with Gasteiger partial charge in [-0.2, -0.15) is 0 Å². The summed E-state index contributed by atoms with van der Waals surface area (Å²) in [5.41, 5.74) is 0. The van der Waals surface area contributed by atoms with E-state index >= 15 is 0 Å². The highest BCUT2D eigenvalue weighted by Gasteiger charge is 2.07. The van der Waals surface area contributed by atoms with E-state index in [9.17, 15) is 9.59 Å². The highest BCUT2D eigenvalue weighted by Crippen LogP contribution is 2.14. The van der Waals surface area contributed by atoms with Crippen molar-refractivity contribution in [2.24, 2.45) is 0 Å². The zero-order valence-electron chi connectivity index (χ0n) is 21.7. The van der Waals surface area contributed by atoms with E-state index in [0.29, 0.717) is 12.8 Å². The summed E-state index contributed by atoms with van der Waals surface area (Å²) in [5, 5.41) is 0. The van der Waals surface area contributed by atoms with E-state index in [0.717, 1.165) is 32.1 Å². The summed E-state index contributed by atoms with van der Waals surface area (Å²) in [4.78, 5) is 23.1. The van der Waals surface area contributed by atoms with Gasteiger partial charge >= 0.3 is 11.9 Å². The molecule has 0 spiro atoms. The maximum Gasteiger partial charge on any atom is 0.309 e. The van der Waals surface area contributed by atoms with Crippen molar-refractivity contribution in [2.45, 2.75) is 155 Å². The molecule has 4 heteroatoms. The van der Waals surface area contributed by atoms with Crippen molar-refractivity contribution in [3.05, 3.63) is 12.2 Å². The molecule has 0 saturated heterocycles. The van der Waals surface area contributed by atoms with Crippen LogP contribution in [0.1, 0.15) is 143 Å². The van der Waals surface area contributed by atoms with E-state index in [-0.39, 0.29) is 24.1 Å². The molecule has 2 unspecified atom stereocenters. The fraction of sp³-hybridized carbons (Fsp3) is 0.857. The molecule has 0 bridgehead atoms. The molecule has 0 aliphatic heterocycles. The first-order chi connectivity index (χ1) is 15.5. The molecular weight excluding hydrogens is 400 g/mol. The van der Waals surface area contributed by atoms with Crippen molar-refractivity contribution in [3.8, 4) is 0 Å². The molecule has 0 saturated carbocycles. The van der Waals surface area contributed by atoms with Gasteiger partial charge in [0.05, 0.1) is 18.6 Å². The van der Waals surface area contributed by atoms with Crippen molar-refractivity contribution in [2.75, 3.05) is 0 Å². The van der Waals surface area contributed by atoms with Crippen LogP contribution >= 0.6 is 0 Å². The summed E-state index contributed by atoms with van der Waals surface area (Å²) in [5.74, 6) is -0.149. The maximum absolute atomic E-state index is 11.6. The van der Waals surface area contributed by atoms with Gasteiger partial charge in [-0.3, -0.25) is 9.59 Å². The molecule has 0 aromatic heterocycles. The van der Waals surface area contributed by atoms with E-state index in [1.165, 1.54) is 70.6 Å². The molecule has 0 aromatic carbocycles. The number of hydrogen-bond donors (Lipinski definition) is 0. The maximum atomic E-state index is 11.6. The Morgan fingerprint density at radius 3 is 1.47 bits per heavy atom. The molecule has 0 aliphatic rings. The van der Waals surface area contributed by atoms with Gasteiger partial charge in [-0.05, 0) is 46.0 Å². The van der Waals surface area contributed by atoms with Crippen molar-refractivity contribution in [3.63, 3.8) is 0 Å². The summed E-state index contributed by atoms with van der Waals surface area (Å²) in [7, 11) is 0. The molecule has 0 radical (unpaired) electrons. The van der Waals surface area contributed by atoms with Gasteiger partial charge in [-0.15, -0.1) is 0 Å². The van der Waals surface area contributed by atoms with Gasteiger partial charge < -0.3 is 9.47 Å². The number of hydrogen-bond acceptors (Lipinski definition) is 4. The molecule has 0 amide bonds. The van der Waals surface area contributed by atoms with Crippen molar-refractivity contribution in [1.82, 2.24) is 0 Å². The topological polar surface area (TPSA) is 52.6 Å². The highest BCUT2D eigenvalue weighted by atomic mass is 16.5. The van der Waals surface area contributed by atoms with Crippen LogP contribution in [0, 0.1) is 0 Å². The zero-order valence-corrected chi connectivity index (χ0v) is 21.7. The minimum Gasteiger partial charge on any atom is -0.463 e. The molecule has 0 heterocycles. The van der Waals surface area contributed by atoms with Crippen molar-refractivity contribution >= 4 is 11.9 Å². The van der Waals surface area contributed by atoms with Crippen LogP contribution in [0.25, 0.3) is 0 Å². The van der Waals surface area contributed by atoms with Crippen LogP contribution in [-0.4, -0.2) is 24.1 Å². The van der Waals surface area contributed by atoms with Gasteiger partial charge in [-0.1, -0.05) is 96.6 Å². The van der Waals surface area contributed by atoms with E-state index in [2.05, 4.69) is 6.08 Å². The third-order valence-corrected chi connectivity index (χ3v) is 6.02. The van der Waals surface area contributed by atoms with Crippen LogP contribution in [0.4, 0.5) is 0 Å². The fourth-order valence-electron chi connectivity index (χ4n) is 3.50. The second kappa shape index (κ2) is 22.9. The fourth-order valence-corrected chi connectivity index (χ4v) is 3.50. The minimum atomic E-state index is -0.116. The Hall–Kier alpha value is -1.32. The average molecular weight is 453 g/mol. The number of carbonyl (C=O) groups is 2. The molecule has 0 aliphatic carbocycles. The van der Waals surface area contributed by atoms with E-state index in [4.69, 9.17) is 9.47 Å². The third kappa shape index (κ3) is 21.9. The van der Waals surface area contributed by atoms with E-state index in [1.54, 1.807) is 0 Å². The molecule has 2 atom stereocenters. The lowest BCUT2D eigenvalue weighted by atomic mass is 10.0. The van der Waals surface area contributed by atoms with Crippen LogP contribution in [0.15, 0.2) is 12.2 Å². The molecule has 0 rings (SSSR count). The van der Waals surface area contributed by atoms with Gasteiger partial charge in [0.15, 0.2) is 0 Å². The second-order valence-corrected chi connectivity index (χ2v) is 9.23. The molecular formula is C28H52O4. The number of ether oxygens (including phenoxy) is 2. The van der Waals surface area contributed by atoms with Crippen LogP contribution in [0.5, 0.6) is 0 Å². The molecule has 0 aromatic rings. The third-order valence-electron chi connectivity index (χ3n) is 6.02. The zero-order chi connectivity index (χ0) is 23.9. The standard InChI is InChI=1S/C28H52O4/c1-5-25(3)31-27(29)23-21-19-17-15-13-11-9-7-8-10-12-14-16-18-20-22-24-28(30)32-26(4)6-2/h19,21,25-26H,5-18,20,22-24H2,1-4H3/b21-19+. The van der Waals surface area contributed by atoms with Gasteiger partial charge in [0.25, 0.3) is 0 Å². The van der Waals surface area contributed by atoms with Gasteiger partial charge in [-0.25, -0.2) is 0 Å². The first-order valence-corrected chi connectivity index (χ1v) is 13.5. The minimum absolute atomic E-state index is 0.0268. The predicted molar refractivity (Wildman–Crippen MR) is 135 cm³/mol. The first kappa shape index (κ1) is 30.7. The molecule has 32 heavy (non-hydrogen) atoms. The monoisotopic (exact) mass is 452 g/mol. The Kier molecular flexibility index (Phi) is 21.9. The Labute approximate surface area is 198 Å². The van der Waals surface area contributed by atoms with Crippen LogP contribution in [0.3, 0.4) is 0 Å². The Morgan fingerprint density at radius 2 is 1.00 bits per heavy atom. The van der Waals surface area contributed by atoms with Crippen LogP contribution < -0.4 is 0 Å². The average Bonchev–Trinajstić information content (AvgIpc) is 2.77. The number of carbonyl (C=O) groups excluding carboxylic acids is 2. The lowest BCUT2D eigenvalue weighted by molar-refractivity contribution is -0.149. The SMILES string of the molecule is CCC(C)OC(=O)C/C=C/CCCCCCCCCCCCCCCC(=O)OC(C)CC. The lowest BCUT2D eigenvalue weighted by Gasteiger charge is -2.10. The van der Waals surface area contributed by atoms with Crippen LogP contribution in [-0.2, 0) is 19.1 Å². The van der Waals surface area contributed by atoms with E-state index < -0.39 is 0 Å². The molecule has 188 valence electrons. The Morgan fingerprint density at radius 1 is 0.594 bits per heavy atom. The van der Waals surface area contributed by atoms with Crippen molar-refractivity contribution in [1.29, 1.82) is 0 Å². The highest BCUT2D eigenvalue weighted by molar-refractivity contribution is 5.71. The smallest absolute Gasteiger partial charge is 0.309 e. The summed E-state index contributed by atoms with van der Waals surface area (Å²) in [6, 6.07) is 0. The lowest BCUT2D eigenvalue weighted by Crippen LogP contribution is -2.13. The number of allylic oxidation sites excluding steroid dienone is 1. The molecule has 0 N–H and O–H groups in total.